The molecule has 0 N–H and O–H groups in total. The third kappa shape index (κ3) is 6.08. The van der Waals surface area contributed by atoms with Crippen LogP contribution in [-0.2, 0) is 12.4 Å². The van der Waals surface area contributed by atoms with E-state index in [-0.39, 0.29) is 17.9 Å². The Morgan fingerprint density at radius 2 is 1.53 bits per heavy atom. The summed E-state index contributed by atoms with van der Waals surface area (Å²) in [5.74, 6) is -0.535. The lowest BCUT2D eigenvalue weighted by Gasteiger charge is -2.25. The van der Waals surface area contributed by atoms with Crippen molar-refractivity contribution in [2.75, 3.05) is 39.3 Å². The topological polar surface area (TPSA) is 37.7 Å². The Morgan fingerprint density at radius 1 is 0.944 bits per heavy atom. The zero-order chi connectivity index (χ0) is 26.3. The van der Waals surface area contributed by atoms with Crippen LogP contribution in [0.15, 0.2) is 36.4 Å². The Bertz CT molecular complexity index is 1070. The number of hydrogen-bond donors (Lipinski definition) is 0. The second-order valence-corrected chi connectivity index (χ2v) is 9.86. The first-order valence-corrected chi connectivity index (χ1v) is 11.9. The van der Waals surface area contributed by atoms with Gasteiger partial charge < -0.3 is 15.1 Å². The molecule has 36 heavy (non-hydrogen) atoms. The van der Waals surface area contributed by atoms with Crippen LogP contribution in [0.4, 0.5) is 32.0 Å². The lowest BCUT2D eigenvalue weighted by atomic mass is 10.0. The summed E-state index contributed by atoms with van der Waals surface area (Å²) in [6.07, 6.45) is -9.15. The van der Waals surface area contributed by atoms with E-state index < -0.39 is 35.0 Å². The fraction of sp³-hybridized carbons (Fsp3) is 0.480. The van der Waals surface area contributed by atoms with Crippen LogP contribution in [-0.4, -0.2) is 55.0 Å². The number of likely N-dealkylation sites (tertiary alicyclic amines) is 2. The summed E-state index contributed by atoms with van der Waals surface area (Å²) < 4.78 is 78.9. The van der Waals surface area contributed by atoms with Crippen molar-refractivity contribution in [1.29, 1.82) is 0 Å². The van der Waals surface area contributed by atoms with Gasteiger partial charge in [-0.1, -0.05) is 36.2 Å². The van der Waals surface area contributed by atoms with Crippen molar-refractivity contribution in [1.82, 2.24) is 9.80 Å². The highest BCUT2D eigenvalue weighted by molar-refractivity contribution is 6.31. The minimum absolute atomic E-state index is 0.0348. The molecule has 0 aromatic heterocycles. The lowest BCUT2D eigenvalue weighted by molar-refractivity contribution is -0.143. The first-order valence-electron chi connectivity index (χ1n) is 11.6. The van der Waals surface area contributed by atoms with Crippen molar-refractivity contribution in [2.45, 2.75) is 25.7 Å². The summed E-state index contributed by atoms with van der Waals surface area (Å²) in [4.78, 5) is 16.5. The molecule has 0 aliphatic carbocycles. The standard InChI is InChI=1S/C25H25ClF6N3O/c1-15-3-4-21(10-22(15)26)33-5-2-6-34-11-17-13-35(14-18(17)12-34)23(36)16-7-19(24(27,28)29)9-20(8-16)25(30,31)32/h3-4,7-10,17-18H,2,5-6,11-14H2,1H3/q-1. The van der Waals surface area contributed by atoms with E-state index in [4.69, 9.17) is 11.6 Å². The fourth-order valence-corrected chi connectivity index (χ4v) is 5.06. The molecule has 2 fully saturated rings. The molecule has 2 unspecified atom stereocenters. The van der Waals surface area contributed by atoms with Crippen molar-refractivity contribution in [3.63, 3.8) is 0 Å². The van der Waals surface area contributed by atoms with Crippen molar-refractivity contribution in [2.24, 2.45) is 11.8 Å². The second-order valence-electron chi connectivity index (χ2n) is 9.45. The third-order valence-corrected chi connectivity index (χ3v) is 7.17. The van der Waals surface area contributed by atoms with Crippen molar-refractivity contribution in [3.8, 4) is 0 Å². The molecular weight excluding hydrogens is 508 g/mol. The monoisotopic (exact) mass is 532 g/mol. The number of carbonyl (C=O) groups excluding carboxylic acids is 1. The fourth-order valence-electron chi connectivity index (χ4n) is 4.88. The first kappa shape index (κ1) is 26.6. The van der Waals surface area contributed by atoms with Crippen LogP contribution >= 0.6 is 11.6 Å². The van der Waals surface area contributed by atoms with E-state index in [9.17, 15) is 31.1 Å². The molecule has 0 saturated carbocycles. The van der Waals surface area contributed by atoms with E-state index in [0.717, 1.165) is 37.3 Å². The average Bonchev–Trinajstić information content (AvgIpc) is 3.36. The summed E-state index contributed by atoms with van der Waals surface area (Å²) >= 11 is 6.12. The molecule has 1 amide bonds. The smallest absolute Gasteiger partial charge is 0.416 e. The van der Waals surface area contributed by atoms with Gasteiger partial charge in [-0.05, 0) is 49.1 Å². The van der Waals surface area contributed by atoms with E-state index in [1.54, 1.807) is 0 Å². The molecule has 2 aliphatic rings. The molecule has 4 rings (SSSR count). The van der Waals surface area contributed by atoms with E-state index in [2.05, 4.69) is 10.2 Å². The predicted molar refractivity (Wildman–Crippen MR) is 124 cm³/mol. The molecule has 0 radical (unpaired) electrons. The van der Waals surface area contributed by atoms with Crippen LogP contribution in [0.3, 0.4) is 0 Å². The quantitative estimate of drug-likeness (QED) is 0.304. The number of aryl methyl sites for hydroxylation is 1. The molecule has 4 nitrogen and oxygen atoms in total. The number of carbonyl (C=O) groups is 1. The Balaban J connectivity index is 1.31. The highest BCUT2D eigenvalue weighted by Gasteiger charge is 2.43. The number of halogens is 7. The lowest BCUT2D eigenvalue weighted by Crippen LogP contribution is -2.34. The molecule has 11 heteroatoms. The van der Waals surface area contributed by atoms with E-state index in [1.807, 2.05) is 25.1 Å². The maximum atomic E-state index is 13.2. The zero-order valence-electron chi connectivity index (χ0n) is 19.5. The maximum Gasteiger partial charge on any atom is 0.416 e. The van der Waals surface area contributed by atoms with Gasteiger partial charge in [0.15, 0.2) is 0 Å². The number of alkyl halides is 6. The Labute approximate surface area is 210 Å². The second kappa shape index (κ2) is 10.1. The minimum Gasteiger partial charge on any atom is -0.684 e. The summed E-state index contributed by atoms with van der Waals surface area (Å²) in [6, 6.07) is 6.69. The zero-order valence-corrected chi connectivity index (χ0v) is 20.2. The predicted octanol–water partition coefficient (Wildman–Crippen LogP) is 6.79. The maximum absolute atomic E-state index is 13.2. The highest BCUT2D eigenvalue weighted by atomic mass is 35.5. The number of amides is 1. The molecule has 2 aromatic carbocycles. The molecule has 2 atom stereocenters. The van der Waals surface area contributed by atoms with Gasteiger partial charge in [0.2, 0.25) is 0 Å². The number of nitrogens with zero attached hydrogens (tertiary/aromatic N) is 3. The molecule has 196 valence electrons. The van der Waals surface area contributed by atoms with Crippen LogP contribution in [0.1, 0.15) is 33.5 Å². The van der Waals surface area contributed by atoms with E-state index >= 15 is 0 Å². The van der Waals surface area contributed by atoms with Gasteiger partial charge in [0, 0.05) is 36.8 Å². The Hall–Kier alpha value is -2.46. The number of fused-ring (bicyclic) bond motifs is 1. The van der Waals surface area contributed by atoms with Gasteiger partial charge in [0.25, 0.3) is 5.91 Å². The van der Waals surface area contributed by atoms with Crippen LogP contribution in [0, 0.1) is 18.8 Å². The van der Waals surface area contributed by atoms with Crippen LogP contribution in [0.25, 0.3) is 5.32 Å². The SMILES string of the molecule is Cc1ccc([N-]CCCN2CC3CN(C(=O)c4cc(C(F)(F)F)cc(C(F)(F)F)c4)CC3C2)cc1Cl. The van der Waals surface area contributed by atoms with Gasteiger partial charge in [-0.3, -0.25) is 4.79 Å². The largest absolute Gasteiger partial charge is 0.684 e. The van der Waals surface area contributed by atoms with E-state index in [1.165, 1.54) is 4.90 Å². The van der Waals surface area contributed by atoms with Crippen LogP contribution in [0.5, 0.6) is 0 Å². The molecular formula is C25H25ClF6N3O-. The summed E-state index contributed by atoms with van der Waals surface area (Å²) in [5.41, 5.74) is -1.75. The van der Waals surface area contributed by atoms with Crippen molar-refractivity contribution >= 4 is 23.2 Å². The van der Waals surface area contributed by atoms with Gasteiger partial charge in [0.1, 0.15) is 0 Å². The molecule has 0 bridgehead atoms. The summed E-state index contributed by atoms with van der Waals surface area (Å²) in [7, 11) is 0. The average molecular weight is 533 g/mol. The normalized spacial score (nSPS) is 20.6. The number of rotatable bonds is 6. The Morgan fingerprint density at radius 3 is 2.06 bits per heavy atom. The molecule has 2 heterocycles. The van der Waals surface area contributed by atoms with E-state index in [0.29, 0.717) is 36.8 Å². The molecule has 2 aliphatic heterocycles. The molecule has 2 saturated heterocycles. The summed E-state index contributed by atoms with van der Waals surface area (Å²) in [6.45, 7) is 5.43. The van der Waals surface area contributed by atoms with Crippen molar-refractivity contribution in [3.05, 3.63) is 69.0 Å². The van der Waals surface area contributed by atoms with Crippen molar-refractivity contribution < 1.29 is 31.1 Å². The number of hydrogen-bond acceptors (Lipinski definition) is 2. The van der Waals surface area contributed by atoms with Gasteiger partial charge in [0.05, 0.1) is 11.1 Å². The molecule has 0 spiro atoms. The first-order chi connectivity index (χ1) is 16.8. The van der Waals surface area contributed by atoms with Gasteiger partial charge in [-0.2, -0.15) is 26.3 Å². The van der Waals surface area contributed by atoms with Gasteiger partial charge in [-0.15, -0.1) is 12.2 Å². The Kier molecular flexibility index (Phi) is 7.48. The summed E-state index contributed by atoms with van der Waals surface area (Å²) in [5, 5.41) is 5.20. The third-order valence-electron chi connectivity index (χ3n) is 6.77. The van der Waals surface area contributed by atoms with Gasteiger partial charge in [-0.25, -0.2) is 0 Å². The van der Waals surface area contributed by atoms with Gasteiger partial charge >= 0.3 is 12.4 Å². The van der Waals surface area contributed by atoms with Crippen LogP contribution in [0.2, 0.25) is 5.02 Å². The molecule has 2 aromatic rings. The highest BCUT2D eigenvalue weighted by Crippen LogP contribution is 2.38. The minimum atomic E-state index is -4.99. The number of benzene rings is 2. The van der Waals surface area contributed by atoms with Crippen LogP contribution < -0.4 is 0 Å².